The summed E-state index contributed by atoms with van der Waals surface area (Å²) in [5, 5.41) is 10.7. The molecule has 10 nitrogen and oxygen atoms in total. The Kier molecular flexibility index (Phi) is 5.02. The van der Waals surface area contributed by atoms with E-state index in [9.17, 15) is 24.5 Å². The van der Waals surface area contributed by atoms with Gasteiger partial charge in [0.2, 0.25) is 5.91 Å². The summed E-state index contributed by atoms with van der Waals surface area (Å²) in [5.41, 5.74) is 4.07. The third-order valence-corrected chi connectivity index (χ3v) is 3.21. The van der Waals surface area contributed by atoms with Crippen LogP contribution < -0.4 is 15.8 Å². The van der Waals surface area contributed by atoms with Gasteiger partial charge in [-0.15, -0.1) is 0 Å². The molecule has 0 unspecified atom stereocenters. The second-order valence-corrected chi connectivity index (χ2v) is 6.37. The lowest BCUT2D eigenvalue weighted by Crippen LogP contribution is -2.49. The Morgan fingerprint density at radius 2 is 1.88 bits per heavy atom. The molecule has 1 aliphatic rings. The number of hydrogen-bond donors (Lipinski definition) is 2. The molecular weight excluding hydrogens is 332 g/mol. The van der Waals surface area contributed by atoms with Gasteiger partial charge in [-0.3, -0.25) is 25.1 Å². The van der Waals surface area contributed by atoms with Gasteiger partial charge < -0.3 is 4.74 Å². The second kappa shape index (κ2) is 6.85. The molecule has 3 amide bonds. The average molecular weight is 350 g/mol. The fraction of sp³-hybridized carbons (Fsp3) is 0.400. The average Bonchev–Trinajstić information content (AvgIpc) is 2.78. The summed E-state index contributed by atoms with van der Waals surface area (Å²) < 4.78 is 5.02. The number of nitrogens with one attached hydrogen (secondary N) is 2. The van der Waals surface area contributed by atoms with Crippen LogP contribution in [0.4, 0.5) is 16.2 Å². The van der Waals surface area contributed by atoms with E-state index in [0.717, 1.165) is 4.90 Å². The first kappa shape index (κ1) is 18.3. The van der Waals surface area contributed by atoms with E-state index >= 15 is 0 Å². The molecular formula is C15H18N4O6. The SMILES string of the molecule is CC(C)(C)OC(=O)NN[C@@H]1CC(=O)N(c2ccc([N+](=O)[O-])cc2)C1=O. The number of anilines is 1. The van der Waals surface area contributed by atoms with E-state index in [1.807, 2.05) is 0 Å². The number of hydrazine groups is 1. The van der Waals surface area contributed by atoms with Gasteiger partial charge in [0.15, 0.2) is 0 Å². The van der Waals surface area contributed by atoms with Crippen LogP contribution in [0.15, 0.2) is 24.3 Å². The van der Waals surface area contributed by atoms with Crippen molar-refractivity contribution in [3.05, 3.63) is 34.4 Å². The normalized spacial score (nSPS) is 17.6. The van der Waals surface area contributed by atoms with Crippen LogP contribution >= 0.6 is 0 Å². The lowest BCUT2D eigenvalue weighted by molar-refractivity contribution is -0.384. The maximum absolute atomic E-state index is 12.3. The third-order valence-electron chi connectivity index (χ3n) is 3.21. The molecule has 25 heavy (non-hydrogen) atoms. The van der Waals surface area contributed by atoms with Gasteiger partial charge in [0, 0.05) is 12.1 Å². The number of nitro benzene ring substituents is 1. The minimum absolute atomic E-state index is 0.149. The lowest BCUT2D eigenvalue weighted by Gasteiger charge is -2.21. The zero-order valence-corrected chi connectivity index (χ0v) is 13.9. The van der Waals surface area contributed by atoms with Crippen molar-refractivity contribution in [3.63, 3.8) is 0 Å². The molecule has 2 N–H and O–H groups in total. The molecule has 10 heteroatoms. The number of amides is 3. The molecule has 0 aliphatic carbocycles. The Morgan fingerprint density at radius 1 is 1.28 bits per heavy atom. The van der Waals surface area contributed by atoms with Gasteiger partial charge >= 0.3 is 6.09 Å². The predicted molar refractivity (Wildman–Crippen MR) is 86.5 cm³/mol. The topological polar surface area (TPSA) is 131 Å². The molecule has 0 radical (unpaired) electrons. The Bertz CT molecular complexity index is 710. The predicted octanol–water partition coefficient (Wildman–Crippen LogP) is 1.26. The van der Waals surface area contributed by atoms with Crippen LogP contribution in [0.2, 0.25) is 0 Å². The molecule has 0 aromatic heterocycles. The number of non-ortho nitro benzene ring substituents is 1. The minimum atomic E-state index is -0.949. The fourth-order valence-electron chi connectivity index (χ4n) is 2.19. The third kappa shape index (κ3) is 4.51. The number of nitrogens with zero attached hydrogens (tertiary/aromatic N) is 2. The Hall–Kier alpha value is -3.01. The minimum Gasteiger partial charge on any atom is -0.443 e. The first-order valence-corrected chi connectivity index (χ1v) is 7.44. The summed E-state index contributed by atoms with van der Waals surface area (Å²) in [6, 6.07) is 4.09. The fourth-order valence-corrected chi connectivity index (χ4v) is 2.19. The van der Waals surface area contributed by atoms with Crippen LogP contribution in [0.3, 0.4) is 0 Å². The number of imide groups is 1. The maximum atomic E-state index is 12.3. The van der Waals surface area contributed by atoms with Crippen molar-refractivity contribution < 1.29 is 24.0 Å². The number of ether oxygens (including phenoxy) is 1. The summed E-state index contributed by atoms with van der Waals surface area (Å²) in [6.07, 6.45) is -0.937. The van der Waals surface area contributed by atoms with Gasteiger partial charge in [0.05, 0.1) is 17.0 Å². The number of carbonyl (C=O) groups is 3. The van der Waals surface area contributed by atoms with Crippen LogP contribution in [0.25, 0.3) is 0 Å². The van der Waals surface area contributed by atoms with E-state index in [4.69, 9.17) is 4.74 Å². The van der Waals surface area contributed by atoms with Gasteiger partial charge in [-0.25, -0.2) is 15.1 Å². The van der Waals surface area contributed by atoms with Crippen molar-refractivity contribution >= 4 is 29.3 Å². The van der Waals surface area contributed by atoms with Crippen molar-refractivity contribution in [1.29, 1.82) is 0 Å². The number of nitro groups is 1. The summed E-state index contributed by atoms with van der Waals surface area (Å²) >= 11 is 0. The van der Waals surface area contributed by atoms with Crippen molar-refractivity contribution in [2.75, 3.05) is 4.90 Å². The summed E-state index contributed by atoms with van der Waals surface area (Å²) in [5.74, 6) is -1.06. The summed E-state index contributed by atoms with van der Waals surface area (Å²) in [7, 11) is 0. The summed E-state index contributed by atoms with van der Waals surface area (Å²) in [6.45, 7) is 5.06. The van der Waals surface area contributed by atoms with Crippen molar-refractivity contribution in [2.24, 2.45) is 0 Å². The number of rotatable bonds is 4. The van der Waals surface area contributed by atoms with E-state index < -0.39 is 34.5 Å². The Morgan fingerprint density at radius 3 is 2.40 bits per heavy atom. The Labute approximate surface area is 143 Å². The van der Waals surface area contributed by atoms with E-state index in [-0.39, 0.29) is 17.8 Å². The highest BCUT2D eigenvalue weighted by molar-refractivity contribution is 6.22. The van der Waals surface area contributed by atoms with Crippen molar-refractivity contribution in [2.45, 2.75) is 38.8 Å². The number of hydrogen-bond acceptors (Lipinski definition) is 7. The molecule has 0 bridgehead atoms. The number of carbonyl (C=O) groups excluding carboxylic acids is 3. The van der Waals surface area contributed by atoms with Crippen LogP contribution in [0, 0.1) is 10.1 Å². The second-order valence-electron chi connectivity index (χ2n) is 6.37. The molecule has 1 atom stereocenters. The Balaban J connectivity index is 2.02. The molecule has 1 heterocycles. The molecule has 0 saturated carbocycles. The summed E-state index contributed by atoms with van der Waals surface area (Å²) in [4.78, 5) is 47.0. The van der Waals surface area contributed by atoms with Crippen LogP contribution in [-0.2, 0) is 14.3 Å². The molecule has 1 fully saturated rings. The first-order chi connectivity index (χ1) is 11.6. The monoisotopic (exact) mass is 350 g/mol. The van der Waals surface area contributed by atoms with Crippen molar-refractivity contribution in [1.82, 2.24) is 10.9 Å². The van der Waals surface area contributed by atoms with Crippen LogP contribution in [-0.4, -0.2) is 34.5 Å². The smallest absolute Gasteiger partial charge is 0.422 e. The van der Waals surface area contributed by atoms with Gasteiger partial charge in [0.25, 0.3) is 11.6 Å². The number of benzene rings is 1. The first-order valence-electron chi connectivity index (χ1n) is 7.44. The van der Waals surface area contributed by atoms with E-state index in [1.165, 1.54) is 24.3 Å². The zero-order valence-electron chi connectivity index (χ0n) is 13.9. The quantitative estimate of drug-likeness (QED) is 0.475. The van der Waals surface area contributed by atoms with E-state index in [1.54, 1.807) is 20.8 Å². The van der Waals surface area contributed by atoms with E-state index in [2.05, 4.69) is 10.9 Å². The molecule has 0 spiro atoms. The highest BCUT2D eigenvalue weighted by Crippen LogP contribution is 2.25. The van der Waals surface area contributed by atoms with Gasteiger partial charge in [-0.05, 0) is 32.9 Å². The molecule has 134 valence electrons. The standard InChI is InChI=1S/C15H18N4O6/c1-15(2,3)25-14(22)17-16-11-8-12(20)18(13(11)21)9-4-6-10(7-5-9)19(23)24/h4-7,11,16H,8H2,1-3H3,(H,17,22)/t11-/m1/s1. The molecule has 1 aromatic carbocycles. The molecule has 1 aromatic rings. The molecule has 1 aliphatic heterocycles. The van der Waals surface area contributed by atoms with Crippen LogP contribution in [0.1, 0.15) is 27.2 Å². The van der Waals surface area contributed by atoms with E-state index in [0.29, 0.717) is 0 Å². The van der Waals surface area contributed by atoms with Crippen LogP contribution in [0.5, 0.6) is 0 Å². The van der Waals surface area contributed by atoms with Gasteiger partial charge in [-0.1, -0.05) is 0 Å². The molecule has 1 saturated heterocycles. The van der Waals surface area contributed by atoms with Gasteiger partial charge in [0.1, 0.15) is 11.6 Å². The highest BCUT2D eigenvalue weighted by atomic mass is 16.6. The maximum Gasteiger partial charge on any atom is 0.422 e. The largest absolute Gasteiger partial charge is 0.443 e. The highest BCUT2D eigenvalue weighted by Gasteiger charge is 2.40. The lowest BCUT2D eigenvalue weighted by atomic mass is 10.2. The molecule has 2 rings (SSSR count). The zero-order chi connectivity index (χ0) is 18.8. The van der Waals surface area contributed by atoms with Crippen molar-refractivity contribution in [3.8, 4) is 0 Å². The van der Waals surface area contributed by atoms with Gasteiger partial charge in [-0.2, -0.15) is 0 Å².